The van der Waals surface area contributed by atoms with Gasteiger partial charge in [-0.15, -0.1) is 0 Å². The maximum absolute atomic E-state index is 13.1. The third-order valence-electron chi connectivity index (χ3n) is 6.70. The predicted molar refractivity (Wildman–Crippen MR) is 151 cm³/mol. The lowest BCUT2D eigenvalue weighted by Gasteiger charge is -2.23. The summed E-state index contributed by atoms with van der Waals surface area (Å²) in [4.78, 5) is 30.7. The number of hydrogen-bond acceptors (Lipinski definition) is 8. The van der Waals surface area contributed by atoms with Gasteiger partial charge in [0.2, 0.25) is 0 Å². The standard InChI is InChI=1S/C29H38N2O6S/c1-18(2)22-16-24(34-3)26(25(17-22)35-4)20-9-7-19(8-10-20)15-23(29(33)36-5)30-28(32)27(31-37-6)21-11-13-38-14-12-21/h7-10,16-18,21,23H,11-15H2,1-6H3,(H,30,32)/t23-/m0/s1. The van der Waals surface area contributed by atoms with Crippen LogP contribution in [-0.4, -0.2) is 63.6 Å². The zero-order valence-electron chi connectivity index (χ0n) is 23.0. The molecule has 1 amide bonds. The van der Waals surface area contributed by atoms with E-state index in [9.17, 15) is 9.59 Å². The van der Waals surface area contributed by atoms with E-state index in [-0.39, 0.29) is 12.3 Å². The van der Waals surface area contributed by atoms with Crippen LogP contribution in [0.15, 0.2) is 41.6 Å². The number of carbonyl (C=O) groups is 2. The van der Waals surface area contributed by atoms with Crippen LogP contribution in [0.5, 0.6) is 11.5 Å². The normalized spacial score (nSPS) is 15.1. The molecule has 2 aromatic carbocycles. The van der Waals surface area contributed by atoms with Crippen LogP contribution in [0.2, 0.25) is 0 Å². The van der Waals surface area contributed by atoms with E-state index in [0.717, 1.165) is 58.1 Å². The molecule has 0 unspecified atom stereocenters. The molecule has 0 aromatic heterocycles. The van der Waals surface area contributed by atoms with Crippen LogP contribution in [0.25, 0.3) is 11.1 Å². The average Bonchev–Trinajstić information content (AvgIpc) is 2.95. The Morgan fingerprint density at radius 1 is 1.00 bits per heavy atom. The van der Waals surface area contributed by atoms with Crippen molar-refractivity contribution >= 4 is 29.4 Å². The first kappa shape index (κ1) is 29.4. The molecule has 2 aromatic rings. The molecule has 1 N–H and O–H groups in total. The molecule has 1 fully saturated rings. The fourth-order valence-electron chi connectivity index (χ4n) is 4.53. The number of methoxy groups -OCH3 is 3. The number of benzene rings is 2. The smallest absolute Gasteiger partial charge is 0.328 e. The third-order valence-corrected chi connectivity index (χ3v) is 7.75. The highest BCUT2D eigenvalue weighted by atomic mass is 32.2. The van der Waals surface area contributed by atoms with E-state index in [0.29, 0.717) is 11.6 Å². The highest BCUT2D eigenvalue weighted by molar-refractivity contribution is 7.99. The minimum Gasteiger partial charge on any atom is -0.496 e. The summed E-state index contributed by atoms with van der Waals surface area (Å²) in [7, 11) is 6.03. The number of amides is 1. The van der Waals surface area contributed by atoms with E-state index >= 15 is 0 Å². The number of nitrogens with one attached hydrogen (secondary N) is 1. The van der Waals surface area contributed by atoms with Crippen molar-refractivity contribution in [3.63, 3.8) is 0 Å². The predicted octanol–water partition coefficient (Wildman–Crippen LogP) is 4.84. The Morgan fingerprint density at radius 2 is 1.61 bits per heavy atom. The molecule has 3 rings (SSSR count). The quantitative estimate of drug-likeness (QED) is 0.247. The maximum atomic E-state index is 13.1. The maximum Gasteiger partial charge on any atom is 0.328 e. The zero-order chi connectivity index (χ0) is 27.7. The highest BCUT2D eigenvalue weighted by Gasteiger charge is 2.30. The molecule has 1 heterocycles. The molecule has 1 saturated heterocycles. The molecule has 0 saturated carbocycles. The second-order valence-corrected chi connectivity index (χ2v) is 10.7. The number of thioether (sulfide) groups is 1. The van der Waals surface area contributed by atoms with Crippen molar-refractivity contribution in [2.24, 2.45) is 11.1 Å². The molecular weight excluding hydrogens is 504 g/mol. The molecule has 0 spiro atoms. The first-order valence-electron chi connectivity index (χ1n) is 12.8. The van der Waals surface area contributed by atoms with Gasteiger partial charge in [-0.2, -0.15) is 11.8 Å². The monoisotopic (exact) mass is 542 g/mol. The molecule has 8 nitrogen and oxygen atoms in total. The highest BCUT2D eigenvalue weighted by Crippen LogP contribution is 2.41. The molecule has 0 aliphatic carbocycles. The van der Waals surface area contributed by atoms with Crippen LogP contribution in [-0.2, 0) is 25.6 Å². The van der Waals surface area contributed by atoms with E-state index < -0.39 is 17.9 Å². The number of nitrogens with zero attached hydrogens (tertiary/aromatic N) is 1. The van der Waals surface area contributed by atoms with Crippen molar-refractivity contribution < 1.29 is 28.6 Å². The van der Waals surface area contributed by atoms with E-state index in [1.807, 2.05) is 48.2 Å². The lowest BCUT2D eigenvalue weighted by Crippen LogP contribution is -2.47. The topological polar surface area (TPSA) is 95.5 Å². The molecule has 0 radical (unpaired) electrons. The Hall–Kier alpha value is -3.20. The van der Waals surface area contributed by atoms with Crippen molar-refractivity contribution in [3.8, 4) is 22.6 Å². The second-order valence-electron chi connectivity index (χ2n) is 9.45. The van der Waals surface area contributed by atoms with Crippen LogP contribution < -0.4 is 14.8 Å². The van der Waals surface area contributed by atoms with Gasteiger partial charge in [-0.3, -0.25) is 4.79 Å². The lowest BCUT2D eigenvalue weighted by molar-refractivity contribution is -0.144. The summed E-state index contributed by atoms with van der Waals surface area (Å²) in [5.41, 5.74) is 4.08. The number of hydrogen-bond donors (Lipinski definition) is 1. The van der Waals surface area contributed by atoms with Gasteiger partial charge in [0.15, 0.2) is 0 Å². The number of ether oxygens (including phenoxy) is 3. The van der Waals surface area contributed by atoms with Gasteiger partial charge >= 0.3 is 5.97 Å². The van der Waals surface area contributed by atoms with Gasteiger partial charge in [-0.05, 0) is 59.1 Å². The Labute approximate surface area is 229 Å². The molecule has 1 aliphatic heterocycles. The van der Waals surface area contributed by atoms with Crippen LogP contribution in [0.1, 0.15) is 43.7 Å². The fraction of sp³-hybridized carbons (Fsp3) is 0.483. The molecule has 1 aliphatic rings. The number of esters is 1. The van der Waals surface area contributed by atoms with Crippen molar-refractivity contribution in [2.45, 2.75) is 45.1 Å². The first-order valence-corrected chi connectivity index (χ1v) is 13.9. The second kappa shape index (κ2) is 14.1. The van der Waals surface area contributed by atoms with Crippen molar-refractivity contribution in [3.05, 3.63) is 47.5 Å². The summed E-state index contributed by atoms with van der Waals surface area (Å²) in [5, 5.41) is 6.83. The minimum absolute atomic E-state index is 0.000764. The van der Waals surface area contributed by atoms with Crippen LogP contribution in [0.3, 0.4) is 0 Å². The zero-order valence-corrected chi connectivity index (χ0v) is 23.9. The lowest BCUT2D eigenvalue weighted by atomic mass is 9.94. The van der Waals surface area contributed by atoms with E-state index in [1.54, 1.807) is 14.2 Å². The van der Waals surface area contributed by atoms with Crippen molar-refractivity contribution in [1.82, 2.24) is 5.32 Å². The summed E-state index contributed by atoms with van der Waals surface area (Å²) < 4.78 is 16.4. The van der Waals surface area contributed by atoms with E-state index in [2.05, 4.69) is 24.3 Å². The van der Waals surface area contributed by atoms with Crippen LogP contribution in [0, 0.1) is 5.92 Å². The first-order chi connectivity index (χ1) is 18.3. The molecule has 0 bridgehead atoms. The summed E-state index contributed by atoms with van der Waals surface area (Å²) >= 11 is 1.86. The largest absolute Gasteiger partial charge is 0.496 e. The fourth-order valence-corrected chi connectivity index (χ4v) is 5.64. The number of oxime groups is 1. The SMILES string of the molecule is CON=C(C(=O)N[C@@H](Cc1ccc(-c2c(OC)cc(C(C)C)cc2OC)cc1)C(=O)OC)C1CCSCC1. The third kappa shape index (κ3) is 7.22. The molecule has 1 atom stereocenters. The van der Waals surface area contributed by atoms with Gasteiger partial charge in [0.1, 0.15) is 30.4 Å². The Morgan fingerprint density at radius 3 is 2.11 bits per heavy atom. The van der Waals surface area contributed by atoms with E-state index in [1.165, 1.54) is 14.2 Å². The summed E-state index contributed by atoms with van der Waals surface area (Å²) in [6.45, 7) is 4.25. The Bertz CT molecular complexity index is 1100. The average molecular weight is 543 g/mol. The van der Waals surface area contributed by atoms with Crippen LogP contribution in [0.4, 0.5) is 0 Å². The molecule has 206 valence electrons. The summed E-state index contributed by atoms with van der Waals surface area (Å²) in [6, 6.07) is 11.0. The Kier molecular flexibility index (Phi) is 10.9. The Balaban J connectivity index is 1.83. The van der Waals surface area contributed by atoms with Gasteiger partial charge in [0.25, 0.3) is 5.91 Å². The molecular formula is C29H38N2O6S. The summed E-state index contributed by atoms with van der Waals surface area (Å²) in [5.74, 6) is 2.78. The number of rotatable bonds is 11. The van der Waals surface area contributed by atoms with Crippen LogP contribution >= 0.6 is 11.8 Å². The van der Waals surface area contributed by atoms with Gasteiger partial charge in [-0.1, -0.05) is 43.3 Å². The van der Waals surface area contributed by atoms with E-state index in [4.69, 9.17) is 19.0 Å². The molecule has 38 heavy (non-hydrogen) atoms. The minimum atomic E-state index is -0.868. The van der Waals surface area contributed by atoms with Gasteiger partial charge in [0.05, 0.1) is 26.9 Å². The van der Waals surface area contributed by atoms with Gasteiger partial charge in [0, 0.05) is 12.3 Å². The summed E-state index contributed by atoms with van der Waals surface area (Å²) in [6.07, 6.45) is 1.95. The van der Waals surface area contributed by atoms with Gasteiger partial charge < -0.3 is 24.4 Å². The molecule has 9 heteroatoms. The van der Waals surface area contributed by atoms with Crippen molar-refractivity contribution in [1.29, 1.82) is 0 Å². The van der Waals surface area contributed by atoms with Gasteiger partial charge in [-0.25, -0.2) is 4.79 Å². The van der Waals surface area contributed by atoms with Crippen molar-refractivity contribution in [2.75, 3.05) is 39.9 Å². The number of carbonyl (C=O) groups excluding carboxylic acids is 2.